The van der Waals surface area contributed by atoms with Crippen LogP contribution in [0.25, 0.3) is 0 Å². The lowest BCUT2D eigenvalue weighted by Crippen LogP contribution is -2.51. The molecule has 0 fully saturated rings. The molecule has 0 bridgehead atoms. The number of carbonyl (C=O) groups is 2. The van der Waals surface area contributed by atoms with E-state index in [1.54, 1.807) is 31.2 Å². The zero-order chi connectivity index (χ0) is 29.3. The molecular formula is C30H36ClN3O5S. The summed E-state index contributed by atoms with van der Waals surface area (Å²) in [5.41, 5.74) is 1.09. The Morgan fingerprint density at radius 2 is 1.55 bits per heavy atom. The second-order valence-electron chi connectivity index (χ2n) is 9.71. The van der Waals surface area contributed by atoms with Crippen LogP contribution in [0.2, 0.25) is 5.02 Å². The molecule has 0 unspecified atom stereocenters. The first kappa shape index (κ1) is 31.0. The maximum absolute atomic E-state index is 13.9. The van der Waals surface area contributed by atoms with E-state index in [2.05, 4.69) is 5.32 Å². The van der Waals surface area contributed by atoms with Gasteiger partial charge in [-0.2, -0.15) is 0 Å². The molecule has 0 aliphatic heterocycles. The minimum atomic E-state index is -4.18. The number of halogens is 1. The van der Waals surface area contributed by atoms with Crippen LogP contribution in [0, 0.1) is 5.92 Å². The van der Waals surface area contributed by atoms with Crippen molar-refractivity contribution in [2.24, 2.45) is 5.92 Å². The number of carbonyl (C=O) groups excluding carboxylic acids is 2. The Morgan fingerprint density at radius 3 is 2.12 bits per heavy atom. The molecule has 1 N–H and O–H groups in total. The van der Waals surface area contributed by atoms with Gasteiger partial charge < -0.3 is 15.0 Å². The average molecular weight is 586 g/mol. The molecule has 3 aromatic rings. The monoisotopic (exact) mass is 585 g/mol. The Labute approximate surface area is 241 Å². The summed E-state index contributed by atoms with van der Waals surface area (Å²) in [5.74, 6) is -0.0368. The van der Waals surface area contributed by atoms with Crippen LogP contribution in [0.5, 0.6) is 5.75 Å². The van der Waals surface area contributed by atoms with Gasteiger partial charge in [0.2, 0.25) is 11.8 Å². The van der Waals surface area contributed by atoms with E-state index in [1.807, 2.05) is 51.1 Å². The molecule has 3 rings (SSSR count). The number of sulfonamides is 1. The highest BCUT2D eigenvalue weighted by molar-refractivity contribution is 7.92. The Morgan fingerprint density at radius 1 is 0.925 bits per heavy atom. The SMILES string of the molecule is CCOc1ccc(N(CC(=O)N(Cc2ccccc2)[C@H](C)C(=O)NCC(C)C)S(=O)(=O)c2ccc(Cl)cc2)cc1. The van der Waals surface area contributed by atoms with Gasteiger partial charge in [-0.3, -0.25) is 13.9 Å². The van der Waals surface area contributed by atoms with Crippen LogP contribution in [0.15, 0.2) is 83.8 Å². The molecule has 0 heterocycles. The molecular weight excluding hydrogens is 550 g/mol. The number of rotatable bonds is 13. The number of ether oxygens (including phenoxy) is 1. The van der Waals surface area contributed by atoms with E-state index in [4.69, 9.17) is 16.3 Å². The second-order valence-corrected chi connectivity index (χ2v) is 12.0. The molecule has 0 saturated heterocycles. The van der Waals surface area contributed by atoms with Gasteiger partial charge in [-0.25, -0.2) is 8.42 Å². The Bertz CT molecular complexity index is 1360. The van der Waals surface area contributed by atoms with Crippen LogP contribution in [0.3, 0.4) is 0 Å². The highest BCUT2D eigenvalue weighted by Gasteiger charge is 2.32. The molecule has 0 aliphatic carbocycles. The summed E-state index contributed by atoms with van der Waals surface area (Å²) < 4.78 is 34.3. The van der Waals surface area contributed by atoms with E-state index in [-0.39, 0.29) is 29.0 Å². The quantitative estimate of drug-likeness (QED) is 0.300. The third-order valence-corrected chi connectivity index (χ3v) is 8.20. The van der Waals surface area contributed by atoms with Crippen LogP contribution in [0.4, 0.5) is 5.69 Å². The maximum atomic E-state index is 13.9. The van der Waals surface area contributed by atoms with Crippen molar-refractivity contribution >= 4 is 39.1 Å². The van der Waals surface area contributed by atoms with E-state index in [9.17, 15) is 18.0 Å². The molecule has 214 valence electrons. The molecule has 0 spiro atoms. The van der Waals surface area contributed by atoms with Crippen molar-refractivity contribution in [1.29, 1.82) is 0 Å². The number of anilines is 1. The number of nitrogens with zero attached hydrogens (tertiary/aromatic N) is 2. The summed E-state index contributed by atoms with van der Waals surface area (Å²) in [6.45, 7) is 7.98. The molecule has 0 radical (unpaired) electrons. The smallest absolute Gasteiger partial charge is 0.264 e. The standard InChI is InChI=1S/C30H36ClN3O5S/c1-5-39-27-15-13-26(14-16-27)34(40(37,38)28-17-11-25(31)12-18-28)21-29(35)33(20-24-9-7-6-8-10-24)23(4)30(36)32-19-22(2)3/h6-18,22-23H,5,19-21H2,1-4H3,(H,32,36)/t23-/m1/s1. The van der Waals surface area contributed by atoms with Crippen LogP contribution in [0.1, 0.15) is 33.3 Å². The topological polar surface area (TPSA) is 96.0 Å². The minimum absolute atomic E-state index is 0.0177. The van der Waals surface area contributed by atoms with Crippen molar-refractivity contribution in [3.05, 3.63) is 89.4 Å². The van der Waals surface area contributed by atoms with Crippen molar-refractivity contribution in [2.75, 3.05) is 24.0 Å². The Hall–Kier alpha value is -3.56. The Kier molecular flexibility index (Phi) is 11.0. The summed E-state index contributed by atoms with van der Waals surface area (Å²) in [6.07, 6.45) is 0. The summed E-state index contributed by atoms with van der Waals surface area (Å²) in [6, 6.07) is 20.7. The first-order valence-electron chi connectivity index (χ1n) is 13.1. The summed E-state index contributed by atoms with van der Waals surface area (Å²) in [4.78, 5) is 28.3. The van der Waals surface area contributed by atoms with Gasteiger partial charge in [0.05, 0.1) is 17.2 Å². The molecule has 10 heteroatoms. The van der Waals surface area contributed by atoms with Crippen molar-refractivity contribution in [3.8, 4) is 5.75 Å². The highest BCUT2D eigenvalue weighted by atomic mass is 35.5. The third-order valence-electron chi connectivity index (χ3n) is 6.16. The van der Waals surface area contributed by atoms with Gasteiger partial charge in [0.1, 0.15) is 18.3 Å². The van der Waals surface area contributed by atoms with Gasteiger partial charge in [0.25, 0.3) is 10.0 Å². The normalized spacial score (nSPS) is 12.1. The van der Waals surface area contributed by atoms with Gasteiger partial charge in [0.15, 0.2) is 0 Å². The molecule has 3 aromatic carbocycles. The lowest BCUT2D eigenvalue weighted by Gasteiger charge is -2.32. The number of benzene rings is 3. The van der Waals surface area contributed by atoms with Crippen LogP contribution in [-0.4, -0.2) is 50.9 Å². The third kappa shape index (κ3) is 8.22. The summed E-state index contributed by atoms with van der Waals surface area (Å²) in [5, 5.41) is 3.26. The number of hydrogen-bond donors (Lipinski definition) is 1. The zero-order valence-electron chi connectivity index (χ0n) is 23.2. The van der Waals surface area contributed by atoms with Gasteiger partial charge in [-0.1, -0.05) is 55.8 Å². The fourth-order valence-corrected chi connectivity index (χ4v) is 5.49. The summed E-state index contributed by atoms with van der Waals surface area (Å²) in [7, 11) is -4.18. The first-order valence-corrected chi connectivity index (χ1v) is 15.0. The van der Waals surface area contributed by atoms with Gasteiger partial charge in [0, 0.05) is 18.1 Å². The number of nitrogens with one attached hydrogen (secondary N) is 1. The first-order chi connectivity index (χ1) is 19.0. The van der Waals surface area contributed by atoms with Gasteiger partial charge in [-0.05, 0) is 73.9 Å². The van der Waals surface area contributed by atoms with Crippen LogP contribution >= 0.6 is 11.6 Å². The predicted molar refractivity (Wildman–Crippen MR) is 158 cm³/mol. The molecule has 8 nitrogen and oxygen atoms in total. The number of hydrogen-bond acceptors (Lipinski definition) is 5. The average Bonchev–Trinajstić information content (AvgIpc) is 2.94. The predicted octanol–water partition coefficient (Wildman–Crippen LogP) is 5.12. The second kappa shape index (κ2) is 14.2. The minimum Gasteiger partial charge on any atom is -0.494 e. The molecule has 0 aliphatic rings. The molecule has 0 aromatic heterocycles. The molecule has 1 atom stereocenters. The lowest BCUT2D eigenvalue weighted by atomic mass is 10.1. The van der Waals surface area contributed by atoms with E-state index < -0.39 is 28.5 Å². The Balaban J connectivity index is 2.00. The van der Waals surface area contributed by atoms with Crippen molar-refractivity contribution < 1.29 is 22.7 Å². The molecule has 0 saturated carbocycles. The van der Waals surface area contributed by atoms with Gasteiger partial charge >= 0.3 is 0 Å². The highest BCUT2D eigenvalue weighted by Crippen LogP contribution is 2.27. The molecule has 40 heavy (non-hydrogen) atoms. The van der Waals surface area contributed by atoms with Gasteiger partial charge in [-0.15, -0.1) is 0 Å². The number of amides is 2. The fraction of sp³-hybridized carbons (Fsp3) is 0.333. The van der Waals surface area contributed by atoms with Crippen molar-refractivity contribution in [2.45, 2.75) is 45.2 Å². The van der Waals surface area contributed by atoms with Crippen LogP contribution in [-0.2, 0) is 26.2 Å². The largest absolute Gasteiger partial charge is 0.494 e. The van der Waals surface area contributed by atoms with E-state index in [0.717, 1.165) is 9.87 Å². The lowest BCUT2D eigenvalue weighted by molar-refractivity contribution is -0.139. The van der Waals surface area contributed by atoms with E-state index in [1.165, 1.54) is 29.2 Å². The maximum Gasteiger partial charge on any atom is 0.264 e. The van der Waals surface area contributed by atoms with E-state index in [0.29, 0.717) is 23.9 Å². The van der Waals surface area contributed by atoms with Crippen LogP contribution < -0.4 is 14.4 Å². The summed E-state index contributed by atoms with van der Waals surface area (Å²) >= 11 is 6.00. The van der Waals surface area contributed by atoms with E-state index >= 15 is 0 Å². The fourth-order valence-electron chi connectivity index (χ4n) is 3.95. The zero-order valence-corrected chi connectivity index (χ0v) is 24.8. The van der Waals surface area contributed by atoms with Crippen molar-refractivity contribution in [3.63, 3.8) is 0 Å². The van der Waals surface area contributed by atoms with Crippen molar-refractivity contribution in [1.82, 2.24) is 10.2 Å². The molecule has 2 amide bonds.